The molecule has 0 amide bonds. The number of hydrogen-bond donors (Lipinski definition) is 0. The lowest BCUT2D eigenvalue weighted by atomic mass is 9.87. The normalized spacial score (nSPS) is 19.4. The van der Waals surface area contributed by atoms with Gasteiger partial charge in [0, 0.05) is 32.1 Å². The van der Waals surface area contributed by atoms with Crippen LogP contribution in [0.5, 0.6) is 5.75 Å². The van der Waals surface area contributed by atoms with Crippen LogP contribution in [0.4, 0.5) is 5.69 Å². The van der Waals surface area contributed by atoms with E-state index in [9.17, 15) is 13.2 Å². The first kappa shape index (κ1) is 25.7. The second-order valence-electron chi connectivity index (χ2n) is 11.1. The maximum absolute atomic E-state index is 13.8. The molecule has 4 rings (SSSR count). The van der Waals surface area contributed by atoms with E-state index in [0.717, 1.165) is 18.4 Å². The van der Waals surface area contributed by atoms with Gasteiger partial charge in [-0.15, -0.1) is 0 Å². The highest BCUT2D eigenvalue weighted by atomic mass is 32.2. The zero-order chi connectivity index (χ0) is 25.4. The van der Waals surface area contributed by atoms with Crippen molar-refractivity contribution in [1.29, 1.82) is 0 Å². The van der Waals surface area contributed by atoms with Crippen molar-refractivity contribution in [3.05, 3.63) is 53.6 Å². The van der Waals surface area contributed by atoms with Gasteiger partial charge in [-0.25, -0.2) is 8.42 Å². The molecule has 35 heavy (non-hydrogen) atoms. The zero-order valence-corrected chi connectivity index (χ0v) is 22.2. The van der Waals surface area contributed by atoms with Gasteiger partial charge in [0.05, 0.1) is 16.1 Å². The van der Waals surface area contributed by atoms with E-state index in [0.29, 0.717) is 36.8 Å². The van der Waals surface area contributed by atoms with Crippen molar-refractivity contribution in [1.82, 2.24) is 0 Å². The molecule has 1 saturated heterocycles. The Kier molecular flexibility index (Phi) is 7.30. The van der Waals surface area contributed by atoms with Crippen LogP contribution < -0.4 is 9.04 Å². The minimum Gasteiger partial charge on any atom is -0.489 e. The first-order valence-corrected chi connectivity index (χ1v) is 14.0. The average Bonchev–Trinajstić information content (AvgIpc) is 2.82. The van der Waals surface area contributed by atoms with Gasteiger partial charge < -0.3 is 9.47 Å². The monoisotopic (exact) mass is 499 g/mol. The molecular formula is C28H37NO5S. The molecule has 0 bridgehead atoms. The highest BCUT2D eigenvalue weighted by molar-refractivity contribution is 7.92. The van der Waals surface area contributed by atoms with Crippen molar-refractivity contribution in [3.8, 4) is 5.75 Å². The summed E-state index contributed by atoms with van der Waals surface area (Å²) in [4.78, 5) is 13.2. The van der Waals surface area contributed by atoms with Crippen LogP contribution in [0, 0.1) is 11.8 Å². The molecule has 2 aliphatic heterocycles. The maximum atomic E-state index is 13.8. The summed E-state index contributed by atoms with van der Waals surface area (Å²) in [5.41, 5.74) is 2.08. The van der Waals surface area contributed by atoms with E-state index in [1.54, 1.807) is 12.1 Å². The number of sulfonamides is 1. The molecule has 1 unspecified atom stereocenters. The van der Waals surface area contributed by atoms with Gasteiger partial charge in [-0.2, -0.15) is 0 Å². The summed E-state index contributed by atoms with van der Waals surface area (Å²) in [6.07, 6.45) is 1.83. The lowest BCUT2D eigenvalue weighted by molar-refractivity contribution is 0.0119. The number of carbonyl (C=O) groups excluding carboxylic acids is 1. The average molecular weight is 500 g/mol. The molecule has 0 N–H and O–H groups in total. The Bertz CT molecular complexity index is 1160. The van der Waals surface area contributed by atoms with Gasteiger partial charge in [0.2, 0.25) is 0 Å². The molecule has 2 aromatic carbocycles. The number of hydrogen-bond acceptors (Lipinski definition) is 5. The fourth-order valence-corrected chi connectivity index (χ4v) is 6.42. The Morgan fingerprint density at radius 1 is 1.03 bits per heavy atom. The molecule has 0 saturated carbocycles. The summed E-state index contributed by atoms with van der Waals surface area (Å²) in [5.74, 6) is 0.808. The summed E-state index contributed by atoms with van der Waals surface area (Å²) in [5, 5.41) is 0. The second-order valence-corrected chi connectivity index (χ2v) is 13.0. The van der Waals surface area contributed by atoms with E-state index in [1.165, 1.54) is 10.4 Å². The molecule has 6 nitrogen and oxygen atoms in total. The lowest BCUT2D eigenvalue weighted by Gasteiger charge is -2.34. The zero-order valence-electron chi connectivity index (χ0n) is 21.4. The van der Waals surface area contributed by atoms with Crippen LogP contribution in [0.2, 0.25) is 0 Å². The Balaban J connectivity index is 1.64. The smallest absolute Gasteiger partial charge is 0.264 e. The number of ether oxygens (including phenoxy) is 2. The summed E-state index contributed by atoms with van der Waals surface area (Å²) < 4.78 is 40.7. The van der Waals surface area contributed by atoms with Crippen molar-refractivity contribution < 1.29 is 22.7 Å². The van der Waals surface area contributed by atoms with Gasteiger partial charge in [-0.1, -0.05) is 46.8 Å². The van der Waals surface area contributed by atoms with Crippen molar-refractivity contribution in [2.75, 3.05) is 24.1 Å². The summed E-state index contributed by atoms with van der Waals surface area (Å²) in [7, 11) is -3.88. The van der Waals surface area contributed by atoms with E-state index >= 15 is 0 Å². The molecule has 7 heteroatoms. The predicted octanol–water partition coefficient (Wildman–Crippen LogP) is 5.60. The van der Waals surface area contributed by atoms with Gasteiger partial charge >= 0.3 is 0 Å². The third kappa shape index (κ3) is 5.56. The highest BCUT2D eigenvalue weighted by Gasteiger charge is 2.35. The molecule has 0 spiro atoms. The van der Waals surface area contributed by atoms with Crippen LogP contribution in [0.3, 0.4) is 0 Å². The Hall–Kier alpha value is -2.38. The maximum Gasteiger partial charge on any atom is 0.264 e. The minimum atomic E-state index is -3.88. The van der Waals surface area contributed by atoms with Crippen molar-refractivity contribution in [2.45, 2.75) is 70.3 Å². The SMILES string of the molecule is CC(C)CN(c1ccc(C(C)(C)C)cc1)S(=O)(=O)c1ccc2c(c1)C(=O)CC(C1CCOCC1)O2. The molecule has 0 radical (unpaired) electrons. The van der Waals surface area contributed by atoms with Crippen molar-refractivity contribution >= 4 is 21.5 Å². The molecule has 190 valence electrons. The first-order valence-electron chi connectivity index (χ1n) is 12.5. The quantitative estimate of drug-likeness (QED) is 0.518. The number of benzene rings is 2. The Morgan fingerprint density at radius 2 is 1.69 bits per heavy atom. The molecule has 1 fully saturated rings. The number of ketones is 1. The fraction of sp³-hybridized carbons (Fsp3) is 0.536. The number of nitrogens with zero attached hydrogens (tertiary/aromatic N) is 1. The predicted molar refractivity (Wildman–Crippen MR) is 138 cm³/mol. The number of Topliss-reactive ketones (excluding diaryl/α,β-unsaturated/α-hetero) is 1. The molecule has 2 aliphatic rings. The van der Waals surface area contributed by atoms with Crippen LogP contribution in [-0.2, 0) is 20.2 Å². The second kappa shape index (κ2) is 9.94. The van der Waals surface area contributed by atoms with Crippen LogP contribution in [0.15, 0.2) is 47.4 Å². The summed E-state index contributed by atoms with van der Waals surface area (Å²) in [6, 6.07) is 12.4. The summed E-state index contributed by atoms with van der Waals surface area (Å²) in [6.45, 7) is 12.1. The minimum absolute atomic E-state index is 0.0261. The van der Waals surface area contributed by atoms with E-state index in [1.807, 2.05) is 38.1 Å². The Labute approximate surface area is 209 Å². The lowest BCUT2D eigenvalue weighted by Crippen LogP contribution is -2.37. The van der Waals surface area contributed by atoms with Gasteiger partial charge in [0.1, 0.15) is 11.9 Å². The van der Waals surface area contributed by atoms with Gasteiger partial charge in [-0.05, 0) is 60.1 Å². The van der Waals surface area contributed by atoms with Gasteiger partial charge in [0.15, 0.2) is 5.78 Å². The van der Waals surface area contributed by atoms with Crippen LogP contribution in [0.25, 0.3) is 0 Å². The topological polar surface area (TPSA) is 72.9 Å². The van der Waals surface area contributed by atoms with E-state index in [-0.39, 0.29) is 40.5 Å². The third-order valence-corrected chi connectivity index (χ3v) is 8.64. The van der Waals surface area contributed by atoms with Crippen LogP contribution >= 0.6 is 0 Å². The van der Waals surface area contributed by atoms with Crippen molar-refractivity contribution in [3.63, 3.8) is 0 Å². The van der Waals surface area contributed by atoms with Crippen LogP contribution in [0.1, 0.15) is 69.8 Å². The first-order chi connectivity index (χ1) is 16.5. The molecule has 1 atom stereocenters. The molecule has 2 aromatic rings. The molecular weight excluding hydrogens is 462 g/mol. The number of anilines is 1. The Morgan fingerprint density at radius 3 is 2.29 bits per heavy atom. The number of rotatable bonds is 6. The standard InChI is InChI=1S/C28H37NO5S/c1-19(2)18-29(22-8-6-21(7-9-22)28(3,4)5)35(31,32)23-10-11-26-24(16-23)25(30)17-27(34-26)20-12-14-33-15-13-20/h6-11,16,19-20,27H,12-15,17-18H2,1-5H3. The van der Waals surface area contributed by atoms with E-state index in [4.69, 9.17) is 9.47 Å². The highest BCUT2D eigenvalue weighted by Crippen LogP contribution is 2.36. The van der Waals surface area contributed by atoms with E-state index in [2.05, 4.69) is 20.8 Å². The number of carbonyl (C=O) groups is 1. The summed E-state index contributed by atoms with van der Waals surface area (Å²) >= 11 is 0. The van der Waals surface area contributed by atoms with Crippen LogP contribution in [-0.4, -0.2) is 40.1 Å². The third-order valence-electron chi connectivity index (χ3n) is 6.85. The van der Waals surface area contributed by atoms with E-state index < -0.39 is 10.0 Å². The van der Waals surface area contributed by atoms with Gasteiger partial charge in [-0.3, -0.25) is 9.10 Å². The number of fused-ring (bicyclic) bond motifs is 1. The largest absolute Gasteiger partial charge is 0.489 e. The molecule has 0 aliphatic carbocycles. The van der Waals surface area contributed by atoms with Crippen molar-refractivity contribution in [2.24, 2.45) is 11.8 Å². The molecule has 2 heterocycles. The fourth-order valence-electron chi connectivity index (χ4n) is 4.77. The molecule has 0 aromatic heterocycles. The van der Waals surface area contributed by atoms with Gasteiger partial charge in [0.25, 0.3) is 10.0 Å².